The second-order valence-electron chi connectivity index (χ2n) is 5.77. The van der Waals surface area contributed by atoms with Gasteiger partial charge in [-0.3, -0.25) is 9.78 Å². The Hall–Kier alpha value is -2.33. The number of carbonyl (C=O) groups is 1. The SMILES string of the molecule is CSc1ccc(NC(=O)Cc2c(C)nc3ccccc3c2C)cc1. The number of para-hydroxylation sites is 1. The molecule has 0 aliphatic heterocycles. The lowest BCUT2D eigenvalue weighted by Crippen LogP contribution is -2.16. The molecular weight excluding hydrogens is 316 g/mol. The van der Waals surface area contributed by atoms with Crippen LogP contribution < -0.4 is 5.32 Å². The Kier molecular flexibility index (Phi) is 4.86. The molecule has 0 aliphatic rings. The molecule has 1 amide bonds. The van der Waals surface area contributed by atoms with E-state index in [1.807, 2.05) is 55.6 Å². The minimum Gasteiger partial charge on any atom is -0.326 e. The normalized spacial score (nSPS) is 10.8. The average molecular weight is 336 g/mol. The molecule has 1 aromatic heterocycles. The van der Waals surface area contributed by atoms with Crippen molar-refractivity contribution in [1.82, 2.24) is 4.98 Å². The van der Waals surface area contributed by atoms with Gasteiger partial charge in [0.15, 0.2) is 0 Å². The Balaban J connectivity index is 1.82. The van der Waals surface area contributed by atoms with Crippen LogP contribution in [-0.4, -0.2) is 17.1 Å². The van der Waals surface area contributed by atoms with E-state index in [-0.39, 0.29) is 5.91 Å². The first-order chi connectivity index (χ1) is 11.6. The van der Waals surface area contributed by atoms with Crippen LogP contribution in [-0.2, 0) is 11.2 Å². The molecule has 1 heterocycles. The second kappa shape index (κ2) is 7.05. The van der Waals surface area contributed by atoms with E-state index >= 15 is 0 Å². The summed E-state index contributed by atoms with van der Waals surface area (Å²) in [5.74, 6) is -0.0183. The number of anilines is 1. The molecule has 0 unspecified atom stereocenters. The van der Waals surface area contributed by atoms with Gasteiger partial charge in [-0.1, -0.05) is 18.2 Å². The van der Waals surface area contributed by atoms with Crippen LogP contribution in [0.5, 0.6) is 0 Å². The predicted molar refractivity (Wildman–Crippen MR) is 102 cm³/mol. The average Bonchev–Trinajstić information content (AvgIpc) is 2.59. The highest BCUT2D eigenvalue weighted by atomic mass is 32.2. The van der Waals surface area contributed by atoms with Crippen molar-refractivity contribution in [2.45, 2.75) is 25.2 Å². The number of amides is 1. The predicted octanol–water partition coefficient (Wildman–Crippen LogP) is 4.75. The van der Waals surface area contributed by atoms with E-state index in [1.54, 1.807) is 11.8 Å². The van der Waals surface area contributed by atoms with Gasteiger partial charge in [0.2, 0.25) is 5.91 Å². The third kappa shape index (κ3) is 3.44. The van der Waals surface area contributed by atoms with Crippen molar-refractivity contribution in [1.29, 1.82) is 0 Å². The fourth-order valence-corrected chi connectivity index (χ4v) is 3.28. The molecule has 4 heteroatoms. The van der Waals surface area contributed by atoms with E-state index in [4.69, 9.17) is 0 Å². The Labute approximate surface area is 146 Å². The van der Waals surface area contributed by atoms with Gasteiger partial charge in [-0.25, -0.2) is 0 Å². The van der Waals surface area contributed by atoms with Gasteiger partial charge in [-0.05, 0) is 61.6 Å². The summed E-state index contributed by atoms with van der Waals surface area (Å²) in [5.41, 5.74) is 4.85. The van der Waals surface area contributed by atoms with Crippen LogP contribution in [0.25, 0.3) is 10.9 Å². The van der Waals surface area contributed by atoms with E-state index in [9.17, 15) is 4.79 Å². The van der Waals surface area contributed by atoms with Gasteiger partial charge < -0.3 is 5.32 Å². The quantitative estimate of drug-likeness (QED) is 0.699. The number of thioether (sulfide) groups is 1. The third-order valence-corrected chi connectivity index (χ3v) is 4.94. The molecule has 0 saturated carbocycles. The summed E-state index contributed by atoms with van der Waals surface area (Å²) in [6.45, 7) is 4.03. The summed E-state index contributed by atoms with van der Waals surface area (Å²) in [4.78, 5) is 18.2. The van der Waals surface area contributed by atoms with Crippen LogP contribution in [0.1, 0.15) is 16.8 Å². The zero-order chi connectivity index (χ0) is 17.1. The van der Waals surface area contributed by atoms with Gasteiger partial charge >= 0.3 is 0 Å². The topological polar surface area (TPSA) is 42.0 Å². The molecule has 122 valence electrons. The molecule has 3 nitrogen and oxygen atoms in total. The first-order valence-electron chi connectivity index (χ1n) is 7.87. The lowest BCUT2D eigenvalue weighted by Gasteiger charge is -2.13. The van der Waals surface area contributed by atoms with Crippen molar-refractivity contribution in [3.8, 4) is 0 Å². The van der Waals surface area contributed by atoms with Crippen LogP contribution in [0, 0.1) is 13.8 Å². The molecule has 0 spiro atoms. The summed E-state index contributed by atoms with van der Waals surface area (Å²) in [7, 11) is 0. The number of hydrogen-bond donors (Lipinski definition) is 1. The van der Waals surface area contributed by atoms with E-state index in [1.165, 1.54) is 4.90 Å². The lowest BCUT2D eigenvalue weighted by atomic mass is 9.99. The number of pyridine rings is 1. The van der Waals surface area contributed by atoms with Gasteiger partial charge in [0.25, 0.3) is 0 Å². The molecule has 0 bridgehead atoms. The molecule has 0 radical (unpaired) electrons. The van der Waals surface area contributed by atoms with Gasteiger partial charge in [-0.2, -0.15) is 0 Å². The Morgan fingerprint density at radius 3 is 2.50 bits per heavy atom. The highest BCUT2D eigenvalue weighted by molar-refractivity contribution is 7.98. The first-order valence-corrected chi connectivity index (χ1v) is 9.09. The monoisotopic (exact) mass is 336 g/mol. The lowest BCUT2D eigenvalue weighted by molar-refractivity contribution is -0.115. The molecule has 3 rings (SSSR count). The summed E-state index contributed by atoms with van der Waals surface area (Å²) in [5, 5.41) is 4.07. The zero-order valence-electron chi connectivity index (χ0n) is 14.1. The van der Waals surface area contributed by atoms with Crippen LogP contribution in [0.15, 0.2) is 53.4 Å². The Bertz CT molecular complexity index is 888. The second-order valence-corrected chi connectivity index (χ2v) is 6.65. The molecule has 0 aliphatic carbocycles. The fourth-order valence-electron chi connectivity index (χ4n) is 2.87. The zero-order valence-corrected chi connectivity index (χ0v) is 14.9. The van der Waals surface area contributed by atoms with Gasteiger partial charge in [0.05, 0.1) is 11.9 Å². The number of benzene rings is 2. The van der Waals surface area contributed by atoms with Crippen molar-refractivity contribution >= 4 is 34.3 Å². The maximum absolute atomic E-state index is 12.4. The number of hydrogen-bond acceptors (Lipinski definition) is 3. The molecule has 0 saturated heterocycles. The first kappa shape index (κ1) is 16.5. The van der Waals surface area contributed by atoms with E-state index < -0.39 is 0 Å². The maximum Gasteiger partial charge on any atom is 0.228 e. The third-order valence-electron chi connectivity index (χ3n) is 4.20. The molecule has 2 aromatic carbocycles. The summed E-state index contributed by atoms with van der Waals surface area (Å²) in [6, 6.07) is 15.9. The van der Waals surface area contributed by atoms with Gasteiger partial charge in [0, 0.05) is 21.7 Å². The number of nitrogens with zero attached hydrogens (tertiary/aromatic N) is 1. The summed E-state index contributed by atoms with van der Waals surface area (Å²) >= 11 is 1.68. The smallest absolute Gasteiger partial charge is 0.228 e. The summed E-state index contributed by atoms with van der Waals surface area (Å²) in [6.07, 6.45) is 2.37. The minimum absolute atomic E-state index is 0.0183. The molecule has 0 atom stereocenters. The van der Waals surface area contributed by atoms with Crippen LogP contribution >= 0.6 is 11.8 Å². The largest absolute Gasteiger partial charge is 0.326 e. The number of aromatic nitrogens is 1. The van der Waals surface area contributed by atoms with Crippen LogP contribution in [0.2, 0.25) is 0 Å². The van der Waals surface area contributed by atoms with E-state index in [2.05, 4.69) is 23.3 Å². The van der Waals surface area contributed by atoms with Crippen molar-refractivity contribution in [3.63, 3.8) is 0 Å². The number of aryl methyl sites for hydroxylation is 2. The van der Waals surface area contributed by atoms with Crippen molar-refractivity contribution < 1.29 is 4.79 Å². The molecule has 24 heavy (non-hydrogen) atoms. The van der Waals surface area contributed by atoms with Gasteiger partial charge in [-0.15, -0.1) is 11.8 Å². The number of fused-ring (bicyclic) bond motifs is 1. The highest BCUT2D eigenvalue weighted by Gasteiger charge is 2.13. The standard InChI is InChI=1S/C20H20N2OS/c1-13-17-6-4-5-7-19(17)21-14(2)18(13)12-20(23)22-15-8-10-16(24-3)11-9-15/h4-11H,12H2,1-3H3,(H,22,23). The number of carbonyl (C=O) groups excluding carboxylic acids is 1. The van der Waals surface area contributed by atoms with E-state index in [0.717, 1.165) is 33.4 Å². The molecule has 1 N–H and O–H groups in total. The van der Waals surface area contributed by atoms with Crippen molar-refractivity contribution in [2.24, 2.45) is 0 Å². The molecule has 3 aromatic rings. The molecular formula is C20H20N2OS. The van der Waals surface area contributed by atoms with Crippen LogP contribution in [0.3, 0.4) is 0 Å². The minimum atomic E-state index is -0.0183. The number of rotatable bonds is 4. The van der Waals surface area contributed by atoms with Crippen molar-refractivity contribution in [3.05, 3.63) is 65.4 Å². The van der Waals surface area contributed by atoms with E-state index in [0.29, 0.717) is 6.42 Å². The maximum atomic E-state index is 12.4. The summed E-state index contributed by atoms with van der Waals surface area (Å²) < 4.78 is 0. The molecule has 0 fully saturated rings. The van der Waals surface area contributed by atoms with Gasteiger partial charge in [0.1, 0.15) is 0 Å². The van der Waals surface area contributed by atoms with Crippen molar-refractivity contribution in [2.75, 3.05) is 11.6 Å². The van der Waals surface area contributed by atoms with Crippen LogP contribution in [0.4, 0.5) is 5.69 Å². The Morgan fingerprint density at radius 1 is 1.08 bits per heavy atom. The Morgan fingerprint density at radius 2 is 1.79 bits per heavy atom. The number of nitrogens with one attached hydrogen (secondary N) is 1. The fraction of sp³-hybridized carbons (Fsp3) is 0.200. The highest BCUT2D eigenvalue weighted by Crippen LogP contribution is 2.23.